The van der Waals surface area contributed by atoms with Gasteiger partial charge < -0.3 is 9.72 Å². The van der Waals surface area contributed by atoms with Crippen molar-refractivity contribution in [2.75, 3.05) is 20.2 Å². The fourth-order valence-corrected chi connectivity index (χ4v) is 6.09. The Balaban J connectivity index is 1.81. The van der Waals surface area contributed by atoms with Crippen LogP contribution in [0, 0.1) is 11.8 Å². The summed E-state index contributed by atoms with van der Waals surface area (Å²) in [7, 11) is 1.47. The number of carbonyl (C=O) groups is 2. The maximum absolute atomic E-state index is 13.3. The molecular weight excluding hydrogens is 328 g/mol. The molecule has 3 aliphatic heterocycles. The number of esters is 1. The lowest BCUT2D eigenvalue weighted by Gasteiger charge is -2.57. The number of piperidine rings is 2. The van der Waals surface area contributed by atoms with Gasteiger partial charge in [-0.05, 0) is 43.7 Å². The van der Waals surface area contributed by atoms with E-state index in [0.29, 0.717) is 5.92 Å². The van der Waals surface area contributed by atoms with E-state index >= 15 is 0 Å². The molecule has 5 heteroatoms. The molecule has 0 spiro atoms. The Morgan fingerprint density at radius 3 is 2.88 bits per heavy atom. The molecule has 1 N–H and O–H groups in total. The molecule has 2 saturated heterocycles. The quantitative estimate of drug-likeness (QED) is 0.844. The molecule has 0 radical (unpaired) electrons. The van der Waals surface area contributed by atoms with Gasteiger partial charge in [0.2, 0.25) is 0 Å². The van der Waals surface area contributed by atoms with Crippen molar-refractivity contribution >= 4 is 22.7 Å². The number of nitrogens with zero attached hydrogens (tertiary/aromatic N) is 1. The molecule has 4 heterocycles. The fraction of sp³-hybridized carbons (Fsp3) is 0.524. The van der Waals surface area contributed by atoms with Crippen molar-refractivity contribution in [2.24, 2.45) is 11.8 Å². The molecule has 1 aliphatic carbocycles. The van der Waals surface area contributed by atoms with Crippen molar-refractivity contribution in [1.82, 2.24) is 9.88 Å². The Morgan fingerprint density at radius 1 is 1.31 bits per heavy atom. The molecule has 5 atom stereocenters. The third kappa shape index (κ3) is 1.89. The summed E-state index contributed by atoms with van der Waals surface area (Å²) in [6.45, 7) is 3.55. The minimum Gasteiger partial charge on any atom is -0.468 e. The maximum atomic E-state index is 13.3. The monoisotopic (exact) mass is 352 g/mol. The zero-order valence-electron chi connectivity index (χ0n) is 15.2. The number of aromatic amines is 1. The number of hydrogen-bond donors (Lipinski definition) is 1. The highest BCUT2D eigenvalue weighted by atomic mass is 16.5. The zero-order chi connectivity index (χ0) is 18.1. The first-order valence-electron chi connectivity index (χ1n) is 9.49. The molecule has 3 fully saturated rings. The molecule has 26 heavy (non-hydrogen) atoms. The number of aromatic nitrogens is 1. The van der Waals surface area contributed by atoms with Crippen molar-refractivity contribution in [2.45, 2.75) is 37.6 Å². The van der Waals surface area contributed by atoms with Crippen LogP contribution in [-0.4, -0.2) is 47.9 Å². The van der Waals surface area contributed by atoms with Crippen LogP contribution in [0.25, 0.3) is 10.9 Å². The number of ketones is 1. The first-order valence-corrected chi connectivity index (χ1v) is 9.49. The SMILES string of the molecule is COC(=O)[C@@]12C[C@H]3C[C@H](C(C)=O)[C@@H]1N(CCc1c2[nH]c2ccccc12)C3. The number of benzene rings is 1. The summed E-state index contributed by atoms with van der Waals surface area (Å²) in [6, 6.07) is 8.15. The summed E-state index contributed by atoms with van der Waals surface area (Å²) in [5, 5.41) is 1.19. The molecule has 4 bridgehead atoms. The molecular formula is C21H24N2O3. The Morgan fingerprint density at radius 2 is 2.12 bits per heavy atom. The van der Waals surface area contributed by atoms with Gasteiger partial charge in [-0.1, -0.05) is 18.2 Å². The highest BCUT2D eigenvalue weighted by Gasteiger charge is 2.63. The lowest BCUT2D eigenvalue weighted by molar-refractivity contribution is -0.163. The van der Waals surface area contributed by atoms with Crippen molar-refractivity contribution in [3.05, 3.63) is 35.5 Å². The van der Waals surface area contributed by atoms with Crippen LogP contribution in [0.2, 0.25) is 0 Å². The lowest BCUT2D eigenvalue weighted by Crippen LogP contribution is -2.68. The predicted octanol–water partition coefficient (Wildman–Crippen LogP) is 2.43. The highest BCUT2D eigenvalue weighted by Crippen LogP contribution is 2.54. The molecule has 1 saturated carbocycles. The number of methoxy groups -OCH3 is 1. The summed E-state index contributed by atoms with van der Waals surface area (Å²) in [6.07, 6.45) is 2.56. The summed E-state index contributed by atoms with van der Waals surface area (Å²) < 4.78 is 5.36. The van der Waals surface area contributed by atoms with E-state index in [9.17, 15) is 9.59 Å². The number of Topliss-reactive ketones (excluding diaryl/α,β-unsaturated/α-hetero) is 1. The van der Waals surface area contributed by atoms with Crippen LogP contribution in [0.15, 0.2) is 24.3 Å². The van der Waals surface area contributed by atoms with E-state index in [2.05, 4.69) is 22.0 Å². The number of fused-ring (bicyclic) bond motifs is 4. The summed E-state index contributed by atoms with van der Waals surface area (Å²) in [5.41, 5.74) is 2.52. The van der Waals surface area contributed by atoms with Gasteiger partial charge in [-0.3, -0.25) is 14.5 Å². The molecule has 2 aromatic rings. The second-order valence-corrected chi connectivity index (χ2v) is 8.20. The number of carbonyl (C=O) groups excluding carboxylic acids is 2. The van der Waals surface area contributed by atoms with E-state index < -0.39 is 5.41 Å². The summed E-state index contributed by atoms with van der Waals surface area (Å²) in [5.74, 6) is 0.249. The van der Waals surface area contributed by atoms with Gasteiger partial charge in [0, 0.05) is 41.6 Å². The predicted molar refractivity (Wildman–Crippen MR) is 98.0 cm³/mol. The molecule has 5 nitrogen and oxygen atoms in total. The second-order valence-electron chi connectivity index (χ2n) is 8.20. The Bertz CT molecular complexity index is 917. The second kappa shape index (κ2) is 5.43. The number of rotatable bonds is 2. The van der Waals surface area contributed by atoms with Crippen LogP contribution < -0.4 is 0 Å². The van der Waals surface area contributed by atoms with E-state index in [-0.39, 0.29) is 23.7 Å². The average Bonchev–Trinajstić information content (AvgIpc) is 3.00. The van der Waals surface area contributed by atoms with Gasteiger partial charge >= 0.3 is 5.97 Å². The number of hydrogen-bond acceptors (Lipinski definition) is 4. The third-order valence-corrected chi connectivity index (χ3v) is 6.95. The first-order chi connectivity index (χ1) is 12.6. The topological polar surface area (TPSA) is 62.4 Å². The molecule has 1 aromatic carbocycles. The molecule has 1 unspecified atom stereocenters. The van der Waals surface area contributed by atoms with Crippen LogP contribution in [0.3, 0.4) is 0 Å². The summed E-state index contributed by atoms with van der Waals surface area (Å²) >= 11 is 0. The molecule has 1 aromatic heterocycles. The van der Waals surface area contributed by atoms with E-state index in [0.717, 1.165) is 43.6 Å². The van der Waals surface area contributed by atoms with Crippen molar-refractivity contribution in [3.63, 3.8) is 0 Å². The van der Waals surface area contributed by atoms with E-state index in [1.807, 2.05) is 12.1 Å². The van der Waals surface area contributed by atoms with Crippen molar-refractivity contribution < 1.29 is 14.3 Å². The van der Waals surface area contributed by atoms with Crippen LogP contribution >= 0.6 is 0 Å². The van der Waals surface area contributed by atoms with Crippen molar-refractivity contribution in [3.8, 4) is 0 Å². The Hall–Kier alpha value is -2.14. The average molecular weight is 352 g/mol. The largest absolute Gasteiger partial charge is 0.468 e. The standard InChI is InChI=1S/C21H24N2O3/c1-12(24)16-9-13-10-21(20(25)26-2)18-15(7-8-23(11-13)19(16)21)14-5-3-4-6-17(14)22-18/h3-6,13,16,19,22H,7-11H2,1-2H3/t13-,16-,19+,21-/m1/s1. The van der Waals surface area contributed by atoms with Gasteiger partial charge in [-0.25, -0.2) is 0 Å². The van der Waals surface area contributed by atoms with Gasteiger partial charge in [-0.2, -0.15) is 0 Å². The van der Waals surface area contributed by atoms with Gasteiger partial charge in [0.05, 0.1) is 7.11 Å². The summed E-state index contributed by atoms with van der Waals surface area (Å²) in [4.78, 5) is 31.7. The smallest absolute Gasteiger partial charge is 0.319 e. The molecule has 4 aliphatic rings. The van der Waals surface area contributed by atoms with E-state index in [4.69, 9.17) is 4.74 Å². The Labute approximate surface area is 152 Å². The number of para-hydroxylation sites is 1. The van der Waals surface area contributed by atoms with Gasteiger partial charge in [0.15, 0.2) is 0 Å². The van der Waals surface area contributed by atoms with Crippen LogP contribution in [0.1, 0.15) is 31.0 Å². The lowest BCUT2D eigenvalue weighted by atomic mass is 9.56. The van der Waals surface area contributed by atoms with Gasteiger partial charge in [0.25, 0.3) is 0 Å². The number of H-pyrrole nitrogens is 1. The highest BCUT2D eigenvalue weighted by molar-refractivity contribution is 5.93. The molecule has 136 valence electrons. The Kier molecular flexibility index (Phi) is 3.35. The maximum Gasteiger partial charge on any atom is 0.319 e. The zero-order valence-corrected chi connectivity index (χ0v) is 15.2. The minimum atomic E-state index is -0.767. The minimum absolute atomic E-state index is 0.0982. The van der Waals surface area contributed by atoms with Gasteiger partial charge in [0.1, 0.15) is 11.2 Å². The molecule has 6 rings (SSSR count). The molecule has 0 amide bonds. The third-order valence-electron chi connectivity index (χ3n) is 6.95. The van der Waals surface area contributed by atoms with Crippen LogP contribution in [-0.2, 0) is 26.2 Å². The normalized spacial score (nSPS) is 35.0. The van der Waals surface area contributed by atoms with Gasteiger partial charge in [-0.15, -0.1) is 0 Å². The van der Waals surface area contributed by atoms with Crippen LogP contribution in [0.5, 0.6) is 0 Å². The first kappa shape index (κ1) is 16.1. The van der Waals surface area contributed by atoms with Crippen molar-refractivity contribution in [1.29, 1.82) is 0 Å². The van der Waals surface area contributed by atoms with E-state index in [1.54, 1.807) is 6.92 Å². The van der Waals surface area contributed by atoms with Crippen LogP contribution in [0.4, 0.5) is 0 Å². The van der Waals surface area contributed by atoms with E-state index in [1.165, 1.54) is 18.1 Å². The number of nitrogens with one attached hydrogen (secondary N) is 1. The fourth-order valence-electron chi connectivity index (χ4n) is 6.09. The number of ether oxygens (including phenoxy) is 1.